The smallest absolute Gasteiger partial charge is 0.125 e. The highest BCUT2D eigenvalue weighted by atomic mass is 32.1. The molecule has 0 saturated carbocycles. The van der Waals surface area contributed by atoms with Gasteiger partial charge in [0.05, 0.1) is 17.5 Å². The zero-order valence-electron chi connectivity index (χ0n) is 11.9. The van der Waals surface area contributed by atoms with Gasteiger partial charge in [0.2, 0.25) is 0 Å². The molecule has 2 aromatic heterocycles. The van der Waals surface area contributed by atoms with Crippen LogP contribution in [0.25, 0.3) is 21.8 Å². The maximum Gasteiger partial charge on any atom is 0.125 e. The second kappa shape index (κ2) is 5.76. The Morgan fingerprint density at radius 2 is 1.81 bits per heavy atom. The molecule has 0 spiro atoms. The van der Waals surface area contributed by atoms with Crippen molar-refractivity contribution in [2.75, 3.05) is 0 Å². The standard InChI is InChI=1S/C17H16N2OS/c1-11(20)16-12(2)21-17(19-16)14-8-9-15(18-10-14)13-6-4-3-5-7-13/h3-11,20H,1-2H3. The van der Waals surface area contributed by atoms with Crippen molar-refractivity contribution in [1.29, 1.82) is 0 Å². The van der Waals surface area contributed by atoms with Gasteiger partial charge in [0.25, 0.3) is 0 Å². The summed E-state index contributed by atoms with van der Waals surface area (Å²) in [4.78, 5) is 10.1. The Bertz CT molecular complexity index is 733. The predicted molar refractivity (Wildman–Crippen MR) is 86.2 cm³/mol. The van der Waals surface area contributed by atoms with Crippen molar-refractivity contribution in [3.05, 3.63) is 59.2 Å². The summed E-state index contributed by atoms with van der Waals surface area (Å²) >= 11 is 1.59. The van der Waals surface area contributed by atoms with Crippen LogP contribution in [0.15, 0.2) is 48.7 Å². The fourth-order valence-electron chi connectivity index (χ4n) is 2.22. The number of benzene rings is 1. The quantitative estimate of drug-likeness (QED) is 0.786. The minimum Gasteiger partial charge on any atom is -0.387 e. The molecule has 0 aliphatic rings. The molecule has 0 radical (unpaired) electrons. The first-order valence-electron chi connectivity index (χ1n) is 6.82. The molecular weight excluding hydrogens is 280 g/mol. The van der Waals surface area contributed by atoms with Crippen molar-refractivity contribution in [3.63, 3.8) is 0 Å². The Labute approximate surface area is 128 Å². The van der Waals surface area contributed by atoms with Crippen LogP contribution in [0.3, 0.4) is 0 Å². The lowest BCUT2D eigenvalue weighted by atomic mass is 10.1. The maximum atomic E-state index is 9.69. The molecule has 2 heterocycles. The Morgan fingerprint density at radius 1 is 1.05 bits per heavy atom. The van der Waals surface area contributed by atoms with E-state index in [1.807, 2.05) is 55.6 Å². The number of thiazole rings is 1. The van der Waals surface area contributed by atoms with E-state index in [-0.39, 0.29) is 0 Å². The molecule has 0 aliphatic heterocycles. The molecule has 3 nitrogen and oxygen atoms in total. The fourth-order valence-corrected chi connectivity index (χ4v) is 3.21. The molecule has 0 fully saturated rings. The minimum atomic E-state index is -0.536. The lowest BCUT2D eigenvalue weighted by Gasteiger charge is -2.02. The van der Waals surface area contributed by atoms with Crippen LogP contribution in [-0.4, -0.2) is 15.1 Å². The molecule has 1 unspecified atom stereocenters. The lowest BCUT2D eigenvalue weighted by Crippen LogP contribution is -1.93. The van der Waals surface area contributed by atoms with E-state index >= 15 is 0 Å². The second-order valence-corrected chi connectivity index (χ2v) is 6.14. The van der Waals surface area contributed by atoms with Crippen LogP contribution in [-0.2, 0) is 0 Å². The zero-order chi connectivity index (χ0) is 14.8. The van der Waals surface area contributed by atoms with E-state index in [1.54, 1.807) is 18.3 Å². The number of pyridine rings is 1. The third kappa shape index (κ3) is 2.86. The summed E-state index contributed by atoms with van der Waals surface area (Å²) in [5, 5.41) is 10.6. The van der Waals surface area contributed by atoms with Crippen LogP contribution >= 0.6 is 11.3 Å². The van der Waals surface area contributed by atoms with Crippen LogP contribution < -0.4 is 0 Å². The highest BCUT2D eigenvalue weighted by Crippen LogP contribution is 2.30. The van der Waals surface area contributed by atoms with Gasteiger partial charge in [0.1, 0.15) is 5.01 Å². The molecule has 0 amide bonds. The number of nitrogens with zero attached hydrogens (tertiary/aromatic N) is 2. The molecule has 0 saturated heterocycles. The van der Waals surface area contributed by atoms with Gasteiger partial charge < -0.3 is 5.11 Å². The average Bonchev–Trinajstić information content (AvgIpc) is 2.90. The highest BCUT2D eigenvalue weighted by Gasteiger charge is 2.13. The summed E-state index contributed by atoms with van der Waals surface area (Å²) in [6.07, 6.45) is 1.30. The topological polar surface area (TPSA) is 46.0 Å². The van der Waals surface area contributed by atoms with E-state index < -0.39 is 6.10 Å². The molecular formula is C17H16N2OS. The summed E-state index contributed by atoms with van der Waals surface area (Å²) in [7, 11) is 0. The van der Waals surface area contributed by atoms with E-state index in [4.69, 9.17) is 0 Å². The van der Waals surface area contributed by atoms with Gasteiger partial charge in [-0.1, -0.05) is 30.3 Å². The van der Waals surface area contributed by atoms with E-state index in [1.165, 1.54) is 0 Å². The summed E-state index contributed by atoms with van der Waals surface area (Å²) < 4.78 is 0. The maximum absolute atomic E-state index is 9.69. The van der Waals surface area contributed by atoms with Gasteiger partial charge in [-0.25, -0.2) is 4.98 Å². The largest absolute Gasteiger partial charge is 0.387 e. The first-order chi connectivity index (χ1) is 10.1. The minimum absolute atomic E-state index is 0.536. The number of aryl methyl sites for hydroxylation is 1. The van der Waals surface area contributed by atoms with Crippen LogP contribution in [0.2, 0.25) is 0 Å². The summed E-state index contributed by atoms with van der Waals surface area (Å²) in [6, 6.07) is 14.1. The van der Waals surface area contributed by atoms with Crippen LogP contribution in [0.4, 0.5) is 0 Å². The summed E-state index contributed by atoms with van der Waals surface area (Å²) in [6.45, 7) is 3.72. The van der Waals surface area contributed by atoms with Crippen molar-refractivity contribution < 1.29 is 5.11 Å². The van der Waals surface area contributed by atoms with E-state index in [0.717, 1.165) is 32.4 Å². The van der Waals surface area contributed by atoms with Gasteiger partial charge >= 0.3 is 0 Å². The van der Waals surface area contributed by atoms with Gasteiger partial charge in [-0.15, -0.1) is 11.3 Å². The van der Waals surface area contributed by atoms with Crippen molar-refractivity contribution in [1.82, 2.24) is 9.97 Å². The summed E-state index contributed by atoms with van der Waals surface area (Å²) in [5.41, 5.74) is 3.78. The zero-order valence-corrected chi connectivity index (χ0v) is 12.8. The van der Waals surface area contributed by atoms with Gasteiger partial charge in [0, 0.05) is 22.2 Å². The molecule has 0 aliphatic carbocycles. The van der Waals surface area contributed by atoms with E-state index in [2.05, 4.69) is 9.97 Å². The number of aliphatic hydroxyl groups excluding tert-OH is 1. The summed E-state index contributed by atoms with van der Waals surface area (Å²) in [5.74, 6) is 0. The third-order valence-electron chi connectivity index (χ3n) is 3.31. The van der Waals surface area contributed by atoms with Gasteiger partial charge in [-0.05, 0) is 26.0 Å². The average molecular weight is 296 g/mol. The van der Waals surface area contributed by atoms with Gasteiger partial charge in [0.15, 0.2) is 0 Å². The van der Waals surface area contributed by atoms with Crippen molar-refractivity contribution in [3.8, 4) is 21.8 Å². The van der Waals surface area contributed by atoms with Crippen molar-refractivity contribution in [2.24, 2.45) is 0 Å². The normalized spacial score (nSPS) is 12.3. The fraction of sp³-hybridized carbons (Fsp3) is 0.176. The van der Waals surface area contributed by atoms with Crippen LogP contribution in [0, 0.1) is 6.92 Å². The van der Waals surface area contributed by atoms with Crippen molar-refractivity contribution in [2.45, 2.75) is 20.0 Å². The SMILES string of the molecule is Cc1sc(-c2ccc(-c3ccccc3)nc2)nc1C(C)O. The van der Waals surface area contributed by atoms with Crippen LogP contribution in [0.5, 0.6) is 0 Å². The molecule has 3 aromatic rings. The Balaban J connectivity index is 1.93. The molecule has 1 atom stereocenters. The Hall–Kier alpha value is -2.04. The number of aliphatic hydroxyl groups is 1. The monoisotopic (exact) mass is 296 g/mol. The molecule has 0 bridgehead atoms. The first kappa shape index (κ1) is 13.9. The molecule has 21 heavy (non-hydrogen) atoms. The van der Waals surface area contributed by atoms with Crippen LogP contribution in [0.1, 0.15) is 23.6 Å². The number of aromatic nitrogens is 2. The first-order valence-corrected chi connectivity index (χ1v) is 7.64. The molecule has 4 heteroatoms. The van der Waals surface area contributed by atoms with E-state index in [9.17, 15) is 5.11 Å². The predicted octanol–water partition coefficient (Wildman–Crippen LogP) is 4.23. The number of hydrogen-bond acceptors (Lipinski definition) is 4. The lowest BCUT2D eigenvalue weighted by molar-refractivity contribution is 0.194. The Morgan fingerprint density at radius 3 is 2.38 bits per heavy atom. The van der Waals surface area contributed by atoms with Crippen molar-refractivity contribution >= 4 is 11.3 Å². The molecule has 3 rings (SSSR count). The highest BCUT2D eigenvalue weighted by molar-refractivity contribution is 7.15. The third-order valence-corrected chi connectivity index (χ3v) is 4.34. The molecule has 106 valence electrons. The van der Waals surface area contributed by atoms with Gasteiger partial charge in [-0.3, -0.25) is 4.98 Å². The number of rotatable bonds is 3. The Kier molecular flexibility index (Phi) is 3.82. The number of hydrogen-bond donors (Lipinski definition) is 1. The van der Waals surface area contributed by atoms with E-state index in [0.29, 0.717) is 0 Å². The molecule has 1 N–H and O–H groups in total. The molecule has 1 aromatic carbocycles. The second-order valence-electron chi connectivity index (χ2n) is 4.93. The van der Waals surface area contributed by atoms with Gasteiger partial charge in [-0.2, -0.15) is 0 Å².